The van der Waals surface area contributed by atoms with Gasteiger partial charge in [0.15, 0.2) is 5.76 Å². The minimum atomic E-state index is -1.61. The van der Waals surface area contributed by atoms with Crippen LogP contribution in [0.4, 0.5) is 5.69 Å². The molecule has 154 valence electrons. The second-order valence-corrected chi connectivity index (χ2v) is 7.86. The largest absolute Gasteiger partial charge is 0.457 e. The minimum Gasteiger partial charge on any atom is -0.457 e. The van der Waals surface area contributed by atoms with Crippen LogP contribution in [0.3, 0.4) is 0 Å². The van der Waals surface area contributed by atoms with E-state index in [1.54, 1.807) is 6.08 Å². The number of ether oxygens (including phenoxy) is 2. The van der Waals surface area contributed by atoms with Crippen LogP contribution in [0, 0.1) is 0 Å². The van der Waals surface area contributed by atoms with E-state index in [4.69, 9.17) is 9.47 Å². The first-order valence-corrected chi connectivity index (χ1v) is 9.38. The van der Waals surface area contributed by atoms with Crippen LogP contribution in [-0.4, -0.2) is 69.2 Å². The van der Waals surface area contributed by atoms with Gasteiger partial charge in [0.1, 0.15) is 24.4 Å². The number of ketones is 1. The summed E-state index contributed by atoms with van der Waals surface area (Å²) in [5.41, 5.74) is 2.19. The van der Waals surface area contributed by atoms with E-state index in [-0.39, 0.29) is 5.76 Å². The molecule has 29 heavy (non-hydrogen) atoms. The summed E-state index contributed by atoms with van der Waals surface area (Å²) in [6.07, 6.45) is -4.35. The summed E-state index contributed by atoms with van der Waals surface area (Å²) in [7, 11) is 0. The molecule has 2 aliphatic heterocycles. The van der Waals surface area contributed by atoms with Crippen LogP contribution >= 0.6 is 0 Å². The fourth-order valence-electron chi connectivity index (χ4n) is 4.01. The van der Waals surface area contributed by atoms with Gasteiger partial charge in [0.25, 0.3) is 0 Å². The molecule has 0 aromatic heterocycles. The summed E-state index contributed by atoms with van der Waals surface area (Å²) in [6.45, 7) is 3.30. The predicted molar refractivity (Wildman–Crippen MR) is 103 cm³/mol. The van der Waals surface area contributed by atoms with Gasteiger partial charge in [-0.05, 0) is 23.8 Å². The number of fused-ring (bicyclic) bond motifs is 2. The van der Waals surface area contributed by atoms with Gasteiger partial charge >= 0.3 is 0 Å². The molecule has 0 bridgehead atoms. The van der Waals surface area contributed by atoms with Crippen molar-refractivity contribution in [2.24, 2.45) is 4.99 Å². The smallest absolute Gasteiger partial charge is 0.229 e. The van der Waals surface area contributed by atoms with Gasteiger partial charge in [0.2, 0.25) is 12.1 Å². The van der Waals surface area contributed by atoms with Gasteiger partial charge in [0.05, 0.1) is 18.0 Å². The average molecular weight is 401 g/mol. The molecule has 5 atom stereocenters. The van der Waals surface area contributed by atoms with Gasteiger partial charge in [0, 0.05) is 11.0 Å². The first kappa shape index (κ1) is 19.9. The van der Waals surface area contributed by atoms with Gasteiger partial charge in [-0.25, -0.2) is 4.99 Å². The van der Waals surface area contributed by atoms with Crippen molar-refractivity contribution in [3.05, 3.63) is 53.3 Å². The van der Waals surface area contributed by atoms with Crippen molar-refractivity contribution in [1.82, 2.24) is 0 Å². The van der Waals surface area contributed by atoms with Gasteiger partial charge in [-0.15, -0.1) is 0 Å². The highest BCUT2D eigenvalue weighted by Gasteiger charge is 2.47. The van der Waals surface area contributed by atoms with E-state index in [9.17, 15) is 25.2 Å². The Kier molecular flexibility index (Phi) is 4.92. The second-order valence-electron chi connectivity index (χ2n) is 7.86. The molecule has 8 heteroatoms. The van der Waals surface area contributed by atoms with E-state index in [0.717, 1.165) is 11.3 Å². The van der Waals surface area contributed by atoms with Crippen molar-refractivity contribution in [2.75, 3.05) is 6.61 Å². The Bertz CT molecular complexity index is 931. The molecule has 4 N–H and O–H groups in total. The van der Waals surface area contributed by atoms with Gasteiger partial charge in [-0.3, -0.25) is 4.79 Å². The Hall–Kier alpha value is -2.36. The number of carbonyl (C=O) groups is 1. The summed E-state index contributed by atoms with van der Waals surface area (Å²) < 4.78 is 11.2. The van der Waals surface area contributed by atoms with Crippen LogP contribution in [0.1, 0.15) is 19.4 Å². The quantitative estimate of drug-likeness (QED) is 0.535. The second kappa shape index (κ2) is 7.16. The number of aliphatic hydroxyl groups excluding tert-OH is 4. The third-order valence-corrected chi connectivity index (χ3v) is 5.63. The molecule has 0 spiro atoms. The zero-order valence-electron chi connectivity index (χ0n) is 16.0. The summed E-state index contributed by atoms with van der Waals surface area (Å²) in [4.78, 5) is 17.3. The number of rotatable bonds is 3. The highest BCUT2D eigenvalue weighted by atomic mass is 16.7. The molecule has 1 fully saturated rings. The maximum Gasteiger partial charge on any atom is 0.229 e. The number of hydrogen-bond acceptors (Lipinski definition) is 8. The monoisotopic (exact) mass is 401 g/mol. The Morgan fingerprint density at radius 3 is 2.55 bits per heavy atom. The fourth-order valence-corrected chi connectivity index (χ4v) is 4.01. The first-order chi connectivity index (χ1) is 13.8. The van der Waals surface area contributed by atoms with Crippen molar-refractivity contribution in [2.45, 2.75) is 50.0 Å². The normalized spacial score (nSPS) is 33.1. The van der Waals surface area contributed by atoms with Crippen LogP contribution in [0.5, 0.6) is 0 Å². The van der Waals surface area contributed by atoms with E-state index < -0.39 is 48.5 Å². The van der Waals surface area contributed by atoms with Gasteiger partial charge in [-0.1, -0.05) is 32.0 Å². The predicted octanol–water partition coefficient (Wildman–Crippen LogP) is 0.260. The van der Waals surface area contributed by atoms with Crippen LogP contribution in [0.25, 0.3) is 0 Å². The molecule has 1 aromatic carbocycles. The lowest BCUT2D eigenvalue weighted by Crippen LogP contribution is -2.59. The summed E-state index contributed by atoms with van der Waals surface area (Å²) in [6, 6.07) is 7.59. The molecular weight excluding hydrogens is 378 g/mol. The molecule has 1 aromatic rings. The maximum atomic E-state index is 12.7. The summed E-state index contributed by atoms with van der Waals surface area (Å²) in [5.74, 6) is -0.474. The molecule has 8 nitrogen and oxygen atoms in total. The fraction of sp³-hybridized carbons (Fsp3) is 0.429. The number of nitrogens with zero attached hydrogens (tertiary/aromatic N) is 1. The maximum absolute atomic E-state index is 12.7. The SMILES string of the molecule is CC1(C)C2=C(OC3O[C@H](CO)[C@@H](O)[C@H](O)[C@H]3O)C(=O)C=CC2=Nc2ccccc21. The van der Waals surface area contributed by atoms with E-state index in [1.807, 2.05) is 38.1 Å². The van der Waals surface area contributed by atoms with Crippen molar-refractivity contribution >= 4 is 17.2 Å². The first-order valence-electron chi connectivity index (χ1n) is 9.38. The molecule has 3 aliphatic rings. The lowest BCUT2D eigenvalue weighted by Gasteiger charge is -2.41. The molecule has 2 heterocycles. The van der Waals surface area contributed by atoms with Crippen molar-refractivity contribution in [3.8, 4) is 0 Å². The number of para-hydroxylation sites is 1. The number of benzene rings is 1. The number of carbonyl (C=O) groups excluding carboxylic acids is 1. The molecule has 1 unspecified atom stereocenters. The van der Waals surface area contributed by atoms with Crippen molar-refractivity contribution in [1.29, 1.82) is 0 Å². The Morgan fingerprint density at radius 2 is 1.83 bits per heavy atom. The van der Waals surface area contributed by atoms with Gasteiger partial charge in [-0.2, -0.15) is 0 Å². The molecule has 4 rings (SSSR count). The van der Waals surface area contributed by atoms with Crippen molar-refractivity contribution in [3.63, 3.8) is 0 Å². The van der Waals surface area contributed by atoms with E-state index in [1.165, 1.54) is 6.08 Å². The molecule has 1 aliphatic carbocycles. The zero-order valence-corrected chi connectivity index (χ0v) is 16.0. The van der Waals surface area contributed by atoms with E-state index in [2.05, 4.69) is 4.99 Å². The molecule has 0 radical (unpaired) electrons. The third-order valence-electron chi connectivity index (χ3n) is 5.63. The van der Waals surface area contributed by atoms with Crippen LogP contribution in [0.2, 0.25) is 0 Å². The topological polar surface area (TPSA) is 129 Å². The lowest BCUT2D eigenvalue weighted by molar-refractivity contribution is -0.290. The van der Waals surface area contributed by atoms with Crippen LogP contribution in [0.15, 0.2) is 52.7 Å². The third kappa shape index (κ3) is 3.13. The Balaban J connectivity index is 1.77. The highest BCUT2D eigenvalue weighted by molar-refractivity contribution is 6.23. The number of aliphatic hydroxyl groups is 4. The van der Waals surface area contributed by atoms with Gasteiger partial charge < -0.3 is 29.9 Å². The summed E-state index contributed by atoms with van der Waals surface area (Å²) >= 11 is 0. The average Bonchev–Trinajstić information content (AvgIpc) is 2.70. The lowest BCUT2D eigenvalue weighted by atomic mass is 9.71. The number of allylic oxidation sites excluding steroid dienone is 3. The minimum absolute atomic E-state index is 0.0462. The molecule has 0 amide bonds. The molecule has 0 saturated carbocycles. The van der Waals surface area contributed by atoms with Crippen molar-refractivity contribution < 1.29 is 34.7 Å². The standard InChI is InChI=1S/C21H23NO7/c1-21(2)10-5-3-4-6-11(10)22-12-7-8-13(24)19(15(12)21)29-20-18(27)17(26)16(25)14(9-23)28-20/h3-8,14,16-18,20,23,25-27H,9H2,1-2H3/t14-,16-,17+,18-,20?/m1/s1. The van der Waals surface area contributed by atoms with E-state index >= 15 is 0 Å². The van der Waals surface area contributed by atoms with Crippen LogP contribution < -0.4 is 0 Å². The molecular formula is C21H23NO7. The Morgan fingerprint density at radius 1 is 1.10 bits per heavy atom. The molecule has 1 saturated heterocycles. The van der Waals surface area contributed by atoms with E-state index in [0.29, 0.717) is 11.3 Å². The Labute approximate surface area is 167 Å². The zero-order chi connectivity index (χ0) is 20.9. The number of aliphatic imine (C=N–C) groups is 1. The van der Waals surface area contributed by atoms with Crippen LogP contribution in [-0.2, 0) is 19.7 Å². The highest BCUT2D eigenvalue weighted by Crippen LogP contribution is 2.45. The summed E-state index contributed by atoms with van der Waals surface area (Å²) in [5, 5.41) is 39.6. The number of hydrogen-bond donors (Lipinski definition) is 4.